The molecule has 0 fully saturated rings. The van der Waals surface area contributed by atoms with Gasteiger partial charge in [0.15, 0.2) is 0 Å². The Kier molecular flexibility index (Phi) is 6.08. The number of aromatic nitrogens is 2. The summed E-state index contributed by atoms with van der Waals surface area (Å²) in [7, 11) is 0. The summed E-state index contributed by atoms with van der Waals surface area (Å²) in [4.78, 5) is 24.2. The Labute approximate surface area is 156 Å². The first-order valence-corrected chi connectivity index (χ1v) is 8.51. The molecule has 1 aromatic heterocycles. The molecule has 0 unspecified atom stereocenters. The van der Waals surface area contributed by atoms with Crippen molar-refractivity contribution in [3.63, 3.8) is 0 Å². The number of nitrogens with one attached hydrogen (secondary N) is 2. The van der Waals surface area contributed by atoms with Crippen molar-refractivity contribution in [2.24, 2.45) is 5.41 Å². The van der Waals surface area contributed by atoms with Crippen LogP contribution in [0.1, 0.15) is 20.8 Å². The maximum absolute atomic E-state index is 12.4. The third-order valence-electron chi connectivity index (χ3n) is 3.40. The highest BCUT2D eigenvalue weighted by atomic mass is 35.5. The van der Waals surface area contributed by atoms with E-state index >= 15 is 0 Å². The Morgan fingerprint density at radius 3 is 2.40 bits per heavy atom. The Balaban J connectivity index is 2.04. The second-order valence-corrected chi connectivity index (χ2v) is 7.31. The summed E-state index contributed by atoms with van der Waals surface area (Å²) in [6.07, 6.45) is 1.48. The van der Waals surface area contributed by atoms with Crippen molar-refractivity contribution in [2.75, 3.05) is 18.4 Å². The number of hydrogen-bond acceptors (Lipinski definition) is 4. The van der Waals surface area contributed by atoms with E-state index in [1.165, 1.54) is 10.9 Å². The number of carbonyl (C=O) groups is 1. The molecule has 2 aromatic rings. The molecule has 2 rings (SSSR count). The SMILES string of the molecule is CC(C)(C)C(=O)NCCNc1cnn(-c2ccc(Cl)cc2)c(=O)c1Cl. The van der Waals surface area contributed by atoms with E-state index in [-0.39, 0.29) is 10.9 Å². The van der Waals surface area contributed by atoms with E-state index in [0.717, 1.165) is 0 Å². The minimum absolute atomic E-state index is 0.0343. The molecule has 1 amide bonds. The topological polar surface area (TPSA) is 76.0 Å². The second-order valence-electron chi connectivity index (χ2n) is 6.50. The van der Waals surface area contributed by atoms with E-state index in [0.29, 0.717) is 29.5 Å². The number of hydrogen-bond donors (Lipinski definition) is 2. The van der Waals surface area contributed by atoms with Crippen LogP contribution >= 0.6 is 23.2 Å². The van der Waals surface area contributed by atoms with E-state index in [4.69, 9.17) is 23.2 Å². The van der Waals surface area contributed by atoms with Crippen LogP contribution in [0.15, 0.2) is 35.3 Å². The molecule has 0 atom stereocenters. The van der Waals surface area contributed by atoms with Gasteiger partial charge in [0.25, 0.3) is 5.56 Å². The first kappa shape index (κ1) is 19.3. The monoisotopic (exact) mass is 382 g/mol. The van der Waals surface area contributed by atoms with Gasteiger partial charge < -0.3 is 10.6 Å². The van der Waals surface area contributed by atoms with E-state index < -0.39 is 11.0 Å². The molecular weight excluding hydrogens is 363 g/mol. The molecular formula is C17H20Cl2N4O2. The van der Waals surface area contributed by atoms with Crippen LogP contribution in [-0.2, 0) is 4.79 Å². The van der Waals surface area contributed by atoms with Crippen molar-refractivity contribution < 1.29 is 4.79 Å². The highest BCUT2D eigenvalue weighted by Crippen LogP contribution is 2.17. The van der Waals surface area contributed by atoms with Crippen molar-refractivity contribution in [1.29, 1.82) is 0 Å². The average molecular weight is 383 g/mol. The summed E-state index contributed by atoms with van der Waals surface area (Å²) in [5.74, 6) is -0.0447. The number of halogens is 2. The van der Waals surface area contributed by atoms with Crippen LogP contribution < -0.4 is 16.2 Å². The van der Waals surface area contributed by atoms with Crippen LogP contribution in [0.4, 0.5) is 5.69 Å². The summed E-state index contributed by atoms with van der Waals surface area (Å²) in [6, 6.07) is 6.70. The highest BCUT2D eigenvalue weighted by molar-refractivity contribution is 6.33. The van der Waals surface area contributed by atoms with Gasteiger partial charge in [-0.15, -0.1) is 0 Å². The Morgan fingerprint density at radius 1 is 1.16 bits per heavy atom. The van der Waals surface area contributed by atoms with Crippen LogP contribution in [-0.4, -0.2) is 28.8 Å². The van der Waals surface area contributed by atoms with Gasteiger partial charge in [-0.2, -0.15) is 9.78 Å². The summed E-state index contributed by atoms with van der Waals surface area (Å²) >= 11 is 12.0. The second kappa shape index (κ2) is 7.89. The van der Waals surface area contributed by atoms with Crippen LogP contribution in [0.5, 0.6) is 0 Å². The molecule has 134 valence electrons. The Bertz CT molecular complexity index is 811. The molecule has 2 N–H and O–H groups in total. The average Bonchev–Trinajstić information content (AvgIpc) is 2.55. The number of benzene rings is 1. The normalized spacial score (nSPS) is 11.2. The maximum atomic E-state index is 12.4. The fraction of sp³-hybridized carbons (Fsp3) is 0.353. The maximum Gasteiger partial charge on any atom is 0.292 e. The molecule has 0 aliphatic heterocycles. The Hall–Kier alpha value is -2.05. The lowest BCUT2D eigenvalue weighted by molar-refractivity contribution is -0.128. The summed E-state index contributed by atoms with van der Waals surface area (Å²) in [6.45, 7) is 6.35. The molecule has 0 spiro atoms. The minimum Gasteiger partial charge on any atom is -0.381 e. The van der Waals surface area contributed by atoms with Gasteiger partial charge in [0.2, 0.25) is 5.91 Å². The third kappa shape index (κ3) is 4.96. The standard InChI is InChI=1S/C17H20Cl2N4O2/c1-17(2,3)16(25)21-9-8-20-13-10-22-23(15(24)14(13)19)12-6-4-11(18)5-7-12/h4-7,10,20H,8-9H2,1-3H3,(H,21,25). The summed E-state index contributed by atoms with van der Waals surface area (Å²) < 4.78 is 1.20. The minimum atomic E-state index is -0.446. The first-order valence-electron chi connectivity index (χ1n) is 7.76. The van der Waals surface area contributed by atoms with Crippen LogP contribution in [0.25, 0.3) is 5.69 Å². The number of anilines is 1. The molecule has 0 radical (unpaired) electrons. The predicted molar refractivity (Wildman–Crippen MR) is 101 cm³/mol. The largest absolute Gasteiger partial charge is 0.381 e. The van der Waals surface area contributed by atoms with E-state index in [9.17, 15) is 9.59 Å². The van der Waals surface area contributed by atoms with Gasteiger partial charge in [0.1, 0.15) is 5.02 Å². The van der Waals surface area contributed by atoms with Gasteiger partial charge in [-0.3, -0.25) is 9.59 Å². The lowest BCUT2D eigenvalue weighted by atomic mass is 9.96. The van der Waals surface area contributed by atoms with Crippen molar-refractivity contribution in [1.82, 2.24) is 15.1 Å². The zero-order valence-electron chi connectivity index (χ0n) is 14.3. The molecule has 0 aliphatic rings. The third-order valence-corrected chi connectivity index (χ3v) is 4.01. The van der Waals surface area contributed by atoms with Crippen molar-refractivity contribution in [3.8, 4) is 5.69 Å². The zero-order valence-corrected chi connectivity index (χ0v) is 15.8. The number of carbonyl (C=O) groups excluding carboxylic acids is 1. The molecule has 1 aromatic carbocycles. The molecule has 25 heavy (non-hydrogen) atoms. The van der Waals surface area contributed by atoms with Crippen LogP contribution in [0, 0.1) is 5.41 Å². The molecule has 1 heterocycles. The number of rotatable bonds is 5. The molecule has 0 aliphatic carbocycles. The van der Waals surface area contributed by atoms with Gasteiger partial charge in [-0.1, -0.05) is 44.0 Å². The summed E-state index contributed by atoms with van der Waals surface area (Å²) in [5, 5.41) is 10.5. The van der Waals surface area contributed by atoms with Gasteiger partial charge in [0, 0.05) is 23.5 Å². The van der Waals surface area contributed by atoms with Crippen molar-refractivity contribution in [3.05, 3.63) is 50.9 Å². The highest BCUT2D eigenvalue weighted by Gasteiger charge is 2.20. The fourth-order valence-electron chi connectivity index (χ4n) is 1.96. The smallest absolute Gasteiger partial charge is 0.292 e. The van der Waals surface area contributed by atoms with Crippen LogP contribution in [0.2, 0.25) is 10.0 Å². The van der Waals surface area contributed by atoms with E-state index in [2.05, 4.69) is 15.7 Å². The number of amides is 1. The van der Waals surface area contributed by atoms with E-state index in [1.54, 1.807) is 24.3 Å². The van der Waals surface area contributed by atoms with Gasteiger partial charge in [-0.25, -0.2) is 0 Å². The quantitative estimate of drug-likeness (QED) is 0.778. The van der Waals surface area contributed by atoms with Crippen molar-refractivity contribution in [2.45, 2.75) is 20.8 Å². The summed E-state index contributed by atoms with van der Waals surface area (Å²) in [5.41, 5.74) is 0.105. The van der Waals surface area contributed by atoms with Gasteiger partial charge in [-0.05, 0) is 24.3 Å². The molecule has 0 bridgehead atoms. The molecule has 8 heteroatoms. The number of nitrogens with zero attached hydrogens (tertiary/aromatic N) is 2. The van der Waals surface area contributed by atoms with Crippen molar-refractivity contribution >= 4 is 34.8 Å². The van der Waals surface area contributed by atoms with Gasteiger partial charge >= 0.3 is 0 Å². The molecule has 0 saturated heterocycles. The first-order chi connectivity index (χ1) is 11.7. The van der Waals surface area contributed by atoms with Crippen LogP contribution in [0.3, 0.4) is 0 Å². The zero-order chi connectivity index (χ0) is 18.6. The van der Waals surface area contributed by atoms with Gasteiger partial charge in [0.05, 0.1) is 17.6 Å². The lowest BCUT2D eigenvalue weighted by Crippen LogP contribution is -2.37. The predicted octanol–water partition coefficient (Wildman–Crippen LogP) is 3.11. The fourth-order valence-corrected chi connectivity index (χ4v) is 2.28. The van der Waals surface area contributed by atoms with E-state index in [1.807, 2.05) is 20.8 Å². The lowest BCUT2D eigenvalue weighted by Gasteiger charge is -2.18. The molecule has 6 nitrogen and oxygen atoms in total. The molecule has 0 saturated carbocycles. The Morgan fingerprint density at radius 2 is 1.80 bits per heavy atom.